The summed E-state index contributed by atoms with van der Waals surface area (Å²) in [5, 5.41) is 6.18. The van der Waals surface area contributed by atoms with E-state index in [1.54, 1.807) is 0 Å². The van der Waals surface area contributed by atoms with Crippen LogP contribution in [0.2, 0.25) is 0 Å². The number of rotatable bonds is 6. The highest BCUT2D eigenvalue weighted by atomic mass is 16.5. The van der Waals surface area contributed by atoms with Gasteiger partial charge < -0.3 is 20.1 Å². The maximum Gasteiger partial charge on any atom is 0.251 e. The fourth-order valence-corrected chi connectivity index (χ4v) is 2.81. The number of hydrogen-bond donors (Lipinski definition) is 2. The SMILES string of the molecule is CCOc1cccc(-c2ccc(C(=O)NCC3CNCCO3)cc2)c1. The normalized spacial score (nSPS) is 17.1. The lowest BCUT2D eigenvalue weighted by Gasteiger charge is -2.23. The van der Waals surface area contributed by atoms with Crippen LogP contribution in [0.25, 0.3) is 11.1 Å². The average molecular weight is 340 g/mol. The highest BCUT2D eigenvalue weighted by Crippen LogP contribution is 2.24. The third-order valence-corrected chi connectivity index (χ3v) is 4.12. The number of benzene rings is 2. The van der Waals surface area contributed by atoms with Crippen molar-refractivity contribution in [2.75, 3.05) is 32.8 Å². The van der Waals surface area contributed by atoms with E-state index in [9.17, 15) is 4.79 Å². The molecule has 2 aromatic carbocycles. The van der Waals surface area contributed by atoms with Gasteiger partial charge in [-0.3, -0.25) is 4.79 Å². The van der Waals surface area contributed by atoms with Gasteiger partial charge in [-0.15, -0.1) is 0 Å². The van der Waals surface area contributed by atoms with Crippen molar-refractivity contribution in [1.29, 1.82) is 0 Å². The molecular formula is C20H24N2O3. The first kappa shape index (κ1) is 17.5. The Balaban J connectivity index is 1.61. The van der Waals surface area contributed by atoms with Gasteiger partial charge in [0.15, 0.2) is 0 Å². The van der Waals surface area contributed by atoms with E-state index in [1.165, 1.54) is 0 Å². The highest BCUT2D eigenvalue weighted by molar-refractivity contribution is 5.94. The van der Waals surface area contributed by atoms with E-state index in [2.05, 4.69) is 10.6 Å². The van der Waals surface area contributed by atoms with Crippen molar-refractivity contribution >= 4 is 5.91 Å². The molecule has 1 unspecified atom stereocenters. The zero-order valence-electron chi connectivity index (χ0n) is 14.5. The van der Waals surface area contributed by atoms with Crippen molar-refractivity contribution in [3.63, 3.8) is 0 Å². The Bertz CT molecular complexity index is 694. The summed E-state index contributed by atoms with van der Waals surface area (Å²) in [6.45, 7) is 5.46. The largest absolute Gasteiger partial charge is 0.494 e. The van der Waals surface area contributed by atoms with Crippen molar-refractivity contribution < 1.29 is 14.3 Å². The molecule has 1 amide bonds. The van der Waals surface area contributed by atoms with Gasteiger partial charge in [-0.25, -0.2) is 0 Å². The molecule has 3 rings (SSSR count). The van der Waals surface area contributed by atoms with Gasteiger partial charge in [-0.1, -0.05) is 24.3 Å². The molecule has 5 nitrogen and oxygen atoms in total. The predicted molar refractivity (Wildman–Crippen MR) is 98.0 cm³/mol. The molecule has 0 aliphatic carbocycles. The number of hydrogen-bond acceptors (Lipinski definition) is 4. The fraction of sp³-hybridized carbons (Fsp3) is 0.350. The summed E-state index contributed by atoms with van der Waals surface area (Å²) in [6, 6.07) is 15.6. The van der Waals surface area contributed by atoms with Crippen molar-refractivity contribution in [1.82, 2.24) is 10.6 Å². The third kappa shape index (κ3) is 4.81. The Morgan fingerprint density at radius 2 is 2.08 bits per heavy atom. The van der Waals surface area contributed by atoms with Gasteiger partial charge in [-0.2, -0.15) is 0 Å². The number of morpholine rings is 1. The first-order valence-electron chi connectivity index (χ1n) is 8.70. The summed E-state index contributed by atoms with van der Waals surface area (Å²) < 4.78 is 11.1. The van der Waals surface area contributed by atoms with Crippen LogP contribution in [0.15, 0.2) is 48.5 Å². The van der Waals surface area contributed by atoms with Crippen LogP contribution in [0, 0.1) is 0 Å². The van der Waals surface area contributed by atoms with Crippen LogP contribution in [0.3, 0.4) is 0 Å². The van der Waals surface area contributed by atoms with Gasteiger partial charge in [0, 0.05) is 25.2 Å². The van der Waals surface area contributed by atoms with Crippen molar-refractivity contribution in [2.24, 2.45) is 0 Å². The molecule has 0 saturated carbocycles. The van der Waals surface area contributed by atoms with E-state index in [1.807, 2.05) is 55.5 Å². The summed E-state index contributed by atoms with van der Waals surface area (Å²) in [5.41, 5.74) is 2.77. The molecule has 1 atom stereocenters. The van der Waals surface area contributed by atoms with Crippen LogP contribution in [-0.4, -0.2) is 44.9 Å². The quantitative estimate of drug-likeness (QED) is 0.848. The van der Waals surface area contributed by atoms with E-state index >= 15 is 0 Å². The maximum atomic E-state index is 12.3. The van der Waals surface area contributed by atoms with Crippen molar-refractivity contribution in [3.05, 3.63) is 54.1 Å². The zero-order valence-corrected chi connectivity index (χ0v) is 14.5. The fourth-order valence-electron chi connectivity index (χ4n) is 2.81. The van der Waals surface area contributed by atoms with Crippen LogP contribution >= 0.6 is 0 Å². The molecule has 0 bridgehead atoms. The molecule has 25 heavy (non-hydrogen) atoms. The number of nitrogens with one attached hydrogen (secondary N) is 2. The second-order valence-corrected chi connectivity index (χ2v) is 5.95. The summed E-state index contributed by atoms with van der Waals surface area (Å²) in [5.74, 6) is 0.770. The van der Waals surface area contributed by atoms with E-state index in [-0.39, 0.29) is 12.0 Å². The smallest absolute Gasteiger partial charge is 0.251 e. The second-order valence-electron chi connectivity index (χ2n) is 5.95. The minimum Gasteiger partial charge on any atom is -0.494 e. The molecule has 1 fully saturated rings. The van der Waals surface area contributed by atoms with Gasteiger partial charge in [0.2, 0.25) is 0 Å². The minimum atomic E-state index is -0.0798. The highest BCUT2D eigenvalue weighted by Gasteiger charge is 2.15. The first-order chi connectivity index (χ1) is 12.3. The Kier molecular flexibility index (Phi) is 6.04. The zero-order chi connectivity index (χ0) is 17.5. The van der Waals surface area contributed by atoms with Crippen LogP contribution in [0.4, 0.5) is 0 Å². The van der Waals surface area contributed by atoms with Gasteiger partial charge in [0.05, 0.1) is 19.3 Å². The molecule has 2 N–H and O–H groups in total. The standard InChI is InChI=1S/C20H24N2O3/c1-2-24-18-5-3-4-17(12-18)15-6-8-16(9-7-15)20(23)22-14-19-13-21-10-11-25-19/h3-9,12,19,21H,2,10-11,13-14H2,1H3,(H,22,23). The average Bonchev–Trinajstić information content (AvgIpc) is 2.67. The summed E-state index contributed by atoms with van der Waals surface area (Å²) in [7, 11) is 0. The molecule has 132 valence electrons. The minimum absolute atomic E-state index is 0.0401. The molecule has 0 radical (unpaired) electrons. The van der Waals surface area contributed by atoms with Gasteiger partial charge in [-0.05, 0) is 42.3 Å². The number of carbonyl (C=O) groups excluding carboxylic acids is 1. The van der Waals surface area contributed by atoms with Crippen LogP contribution < -0.4 is 15.4 Å². The summed E-state index contributed by atoms with van der Waals surface area (Å²) in [6.07, 6.45) is 0.0401. The molecule has 1 heterocycles. The van der Waals surface area contributed by atoms with E-state index < -0.39 is 0 Å². The van der Waals surface area contributed by atoms with Crippen molar-refractivity contribution in [3.8, 4) is 16.9 Å². The van der Waals surface area contributed by atoms with E-state index in [0.29, 0.717) is 25.3 Å². The molecule has 5 heteroatoms. The summed E-state index contributed by atoms with van der Waals surface area (Å²) in [4.78, 5) is 12.3. The van der Waals surface area contributed by atoms with Crippen LogP contribution in [-0.2, 0) is 4.74 Å². The lowest BCUT2D eigenvalue weighted by Crippen LogP contribution is -2.45. The topological polar surface area (TPSA) is 59.6 Å². The Morgan fingerprint density at radius 3 is 2.80 bits per heavy atom. The molecule has 0 spiro atoms. The molecule has 1 aliphatic rings. The van der Waals surface area contributed by atoms with Gasteiger partial charge in [0.25, 0.3) is 5.91 Å². The Hall–Kier alpha value is -2.37. The van der Waals surface area contributed by atoms with E-state index in [4.69, 9.17) is 9.47 Å². The first-order valence-corrected chi connectivity index (χ1v) is 8.70. The maximum absolute atomic E-state index is 12.3. The van der Waals surface area contributed by atoms with Gasteiger partial charge >= 0.3 is 0 Å². The van der Waals surface area contributed by atoms with Crippen LogP contribution in [0.5, 0.6) is 5.75 Å². The number of carbonyl (C=O) groups is 1. The lowest BCUT2D eigenvalue weighted by molar-refractivity contribution is 0.0287. The molecule has 0 aromatic heterocycles. The van der Waals surface area contributed by atoms with Crippen LogP contribution in [0.1, 0.15) is 17.3 Å². The lowest BCUT2D eigenvalue weighted by atomic mass is 10.0. The molecule has 1 saturated heterocycles. The summed E-state index contributed by atoms with van der Waals surface area (Å²) >= 11 is 0. The Labute approximate surface area is 148 Å². The van der Waals surface area contributed by atoms with Gasteiger partial charge in [0.1, 0.15) is 5.75 Å². The predicted octanol–water partition coefficient (Wildman–Crippen LogP) is 2.47. The van der Waals surface area contributed by atoms with E-state index in [0.717, 1.165) is 30.0 Å². The molecular weight excluding hydrogens is 316 g/mol. The third-order valence-electron chi connectivity index (χ3n) is 4.12. The molecule has 2 aromatic rings. The Morgan fingerprint density at radius 1 is 1.24 bits per heavy atom. The van der Waals surface area contributed by atoms with Crippen molar-refractivity contribution in [2.45, 2.75) is 13.0 Å². The monoisotopic (exact) mass is 340 g/mol. The second kappa shape index (κ2) is 8.65. The molecule has 1 aliphatic heterocycles. The number of amides is 1. The number of ether oxygens (including phenoxy) is 2.